The SMILES string of the molecule is CN(CC(=O)C(Cc1ccccc1)C(=O)CN(C)C(=S)c1ccccc1)C(=S)c1ccccc1. The van der Waals surface area contributed by atoms with Gasteiger partial charge in [0.05, 0.1) is 19.0 Å². The van der Waals surface area contributed by atoms with Gasteiger partial charge in [-0.1, -0.05) is 115 Å². The lowest BCUT2D eigenvalue weighted by molar-refractivity contribution is -0.132. The Hall–Kier alpha value is -3.22. The van der Waals surface area contributed by atoms with E-state index in [0.717, 1.165) is 16.7 Å². The highest BCUT2D eigenvalue weighted by molar-refractivity contribution is 7.80. The lowest BCUT2D eigenvalue weighted by Gasteiger charge is -2.25. The van der Waals surface area contributed by atoms with Crippen LogP contribution in [0.4, 0.5) is 0 Å². The number of carbonyl (C=O) groups is 2. The molecule has 0 aliphatic carbocycles. The fourth-order valence-electron chi connectivity index (χ4n) is 3.69. The maximum Gasteiger partial charge on any atom is 0.162 e. The molecule has 0 saturated heterocycles. The van der Waals surface area contributed by atoms with Crippen molar-refractivity contribution in [2.24, 2.45) is 5.92 Å². The van der Waals surface area contributed by atoms with E-state index in [1.54, 1.807) is 23.9 Å². The lowest BCUT2D eigenvalue weighted by Crippen LogP contribution is -2.41. The zero-order chi connectivity index (χ0) is 24.5. The highest BCUT2D eigenvalue weighted by Crippen LogP contribution is 2.15. The highest BCUT2D eigenvalue weighted by Gasteiger charge is 2.29. The summed E-state index contributed by atoms with van der Waals surface area (Å²) in [5.41, 5.74) is 2.68. The van der Waals surface area contributed by atoms with Gasteiger partial charge in [0, 0.05) is 25.2 Å². The largest absolute Gasteiger partial charge is 0.358 e. The molecule has 0 atom stereocenters. The van der Waals surface area contributed by atoms with Crippen molar-refractivity contribution in [3.05, 3.63) is 108 Å². The molecule has 0 heterocycles. The van der Waals surface area contributed by atoms with Gasteiger partial charge in [0.2, 0.25) is 0 Å². The van der Waals surface area contributed by atoms with Gasteiger partial charge in [0.1, 0.15) is 9.98 Å². The Morgan fingerprint density at radius 2 is 1.00 bits per heavy atom. The number of carbonyl (C=O) groups excluding carboxylic acids is 2. The Balaban J connectivity index is 1.74. The number of hydrogen-bond donors (Lipinski definition) is 0. The first-order valence-corrected chi connectivity index (χ1v) is 11.9. The van der Waals surface area contributed by atoms with Crippen molar-refractivity contribution >= 4 is 46.0 Å². The summed E-state index contributed by atoms with van der Waals surface area (Å²) < 4.78 is 0. The van der Waals surface area contributed by atoms with E-state index in [1.165, 1.54) is 0 Å². The predicted octanol–water partition coefficient (Wildman–Crippen LogP) is 4.60. The molecule has 0 amide bonds. The normalized spacial score (nSPS) is 10.6. The van der Waals surface area contributed by atoms with Crippen LogP contribution in [-0.4, -0.2) is 58.5 Å². The van der Waals surface area contributed by atoms with Crippen molar-refractivity contribution in [2.45, 2.75) is 6.42 Å². The molecule has 4 nitrogen and oxygen atoms in total. The Bertz CT molecular complexity index is 1060. The van der Waals surface area contributed by atoms with Gasteiger partial charge in [0.15, 0.2) is 11.6 Å². The molecular weight excluding hydrogens is 460 g/mol. The Morgan fingerprint density at radius 3 is 1.38 bits per heavy atom. The molecule has 0 aliphatic rings. The number of hydrogen-bond acceptors (Lipinski definition) is 4. The van der Waals surface area contributed by atoms with Crippen molar-refractivity contribution in [1.29, 1.82) is 0 Å². The standard InChI is InChI=1S/C28H28N2O2S2/c1-29(27(33)22-14-8-4-9-15-22)19-25(31)24(18-21-12-6-3-7-13-21)26(32)20-30(2)28(34)23-16-10-5-11-17-23/h3-17,24H,18-20H2,1-2H3. The minimum absolute atomic E-state index is 0.0593. The zero-order valence-electron chi connectivity index (χ0n) is 19.4. The summed E-state index contributed by atoms with van der Waals surface area (Å²) in [4.78, 5) is 31.4. The average molecular weight is 489 g/mol. The maximum absolute atomic E-state index is 13.4. The van der Waals surface area contributed by atoms with E-state index in [-0.39, 0.29) is 24.7 Å². The highest BCUT2D eigenvalue weighted by atomic mass is 32.1. The molecule has 0 N–H and O–H groups in total. The Morgan fingerprint density at radius 1 is 0.647 bits per heavy atom. The molecule has 0 aromatic heterocycles. The third kappa shape index (κ3) is 6.89. The van der Waals surface area contributed by atoms with Crippen LogP contribution in [0, 0.1) is 5.92 Å². The van der Waals surface area contributed by atoms with Gasteiger partial charge in [-0.2, -0.15) is 0 Å². The zero-order valence-corrected chi connectivity index (χ0v) is 21.0. The number of likely N-dealkylation sites (N-methyl/N-ethyl adjacent to an activating group) is 2. The molecule has 3 aromatic carbocycles. The van der Waals surface area contributed by atoms with Crippen LogP contribution in [0.1, 0.15) is 16.7 Å². The third-order valence-electron chi connectivity index (χ3n) is 5.58. The van der Waals surface area contributed by atoms with Gasteiger partial charge >= 0.3 is 0 Å². The molecule has 0 spiro atoms. The first-order valence-electron chi connectivity index (χ1n) is 11.1. The minimum Gasteiger partial charge on any atom is -0.358 e. The molecular formula is C28H28N2O2S2. The average Bonchev–Trinajstić information content (AvgIpc) is 2.87. The van der Waals surface area contributed by atoms with Crippen molar-refractivity contribution in [2.75, 3.05) is 27.2 Å². The first-order chi connectivity index (χ1) is 16.4. The third-order valence-corrected chi connectivity index (χ3v) is 6.68. The van der Waals surface area contributed by atoms with Crippen molar-refractivity contribution < 1.29 is 9.59 Å². The molecule has 34 heavy (non-hydrogen) atoms. The summed E-state index contributed by atoms with van der Waals surface area (Å²) in [5, 5.41) is 0. The van der Waals surface area contributed by atoms with Crippen LogP contribution in [0.2, 0.25) is 0 Å². The van der Waals surface area contributed by atoms with Gasteiger partial charge in [-0.25, -0.2) is 0 Å². The van der Waals surface area contributed by atoms with E-state index in [4.69, 9.17) is 24.4 Å². The van der Waals surface area contributed by atoms with Gasteiger partial charge < -0.3 is 9.80 Å². The number of nitrogens with zero attached hydrogens (tertiary/aromatic N) is 2. The van der Waals surface area contributed by atoms with Gasteiger partial charge in [-0.05, 0) is 12.0 Å². The Kier molecular flexibility index (Phi) is 9.19. The number of thiocarbonyl (C=S) groups is 2. The van der Waals surface area contributed by atoms with E-state index in [9.17, 15) is 9.59 Å². The fraction of sp³-hybridized carbons (Fsp3) is 0.214. The van der Waals surface area contributed by atoms with Crippen molar-refractivity contribution in [3.63, 3.8) is 0 Å². The molecule has 6 heteroatoms. The molecule has 0 bridgehead atoms. The summed E-state index contributed by atoms with van der Waals surface area (Å²) in [6.07, 6.45) is 0.344. The molecule has 0 fully saturated rings. The van der Waals surface area contributed by atoms with Crippen LogP contribution in [0.3, 0.4) is 0 Å². The second-order valence-electron chi connectivity index (χ2n) is 8.23. The smallest absolute Gasteiger partial charge is 0.162 e. The van der Waals surface area contributed by atoms with Gasteiger partial charge in [-0.15, -0.1) is 0 Å². The van der Waals surface area contributed by atoms with Crippen molar-refractivity contribution in [1.82, 2.24) is 9.80 Å². The fourth-order valence-corrected chi connectivity index (χ4v) is 4.09. The van der Waals surface area contributed by atoms with Crippen LogP contribution in [-0.2, 0) is 16.0 Å². The summed E-state index contributed by atoms with van der Waals surface area (Å²) >= 11 is 11.1. The minimum atomic E-state index is -0.788. The summed E-state index contributed by atoms with van der Waals surface area (Å²) in [6, 6.07) is 28.7. The molecule has 0 radical (unpaired) electrons. The van der Waals surface area contributed by atoms with E-state index < -0.39 is 5.92 Å². The molecule has 174 valence electrons. The quantitative estimate of drug-likeness (QED) is 0.307. The van der Waals surface area contributed by atoms with Crippen LogP contribution >= 0.6 is 24.4 Å². The summed E-state index contributed by atoms with van der Waals surface area (Å²) in [5.74, 6) is -1.10. The van der Waals surface area contributed by atoms with Crippen LogP contribution in [0.5, 0.6) is 0 Å². The van der Waals surface area contributed by atoms with Crippen molar-refractivity contribution in [3.8, 4) is 0 Å². The molecule has 0 saturated carbocycles. The second kappa shape index (κ2) is 12.3. The van der Waals surface area contributed by atoms with E-state index in [0.29, 0.717) is 16.4 Å². The van der Waals surface area contributed by atoms with E-state index in [2.05, 4.69) is 0 Å². The summed E-state index contributed by atoms with van der Waals surface area (Å²) in [6.45, 7) is 0.119. The summed E-state index contributed by atoms with van der Waals surface area (Å²) in [7, 11) is 3.57. The lowest BCUT2D eigenvalue weighted by atomic mass is 9.90. The van der Waals surface area contributed by atoms with Crippen LogP contribution < -0.4 is 0 Å². The molecule has 3 rings (SSSR count). The maximum atomic E-state index is 13.4. The number of rotatable bonds is 10. The molecule has 0 aliphatic heterocycles. The number of ketones is 2. The predicted molar refractivity (Wildman–Crippen MR) is 145 cm³/mol. The van der Waals surface area contributed by atoms with Gasteiger partial charge in [-0.3, -0.25) is 9.59 Å². The molecule has 0 unspecified atom stereocenters. The van der Waals surface area contributed by atoms with Crippen LogP contribution in [0.15, 0.2) is 91.0 Å². The number of Topliss-reactive ketones (excluding diaryl/α,β-unsaturated/α-hetero) is 2. The van der Waals surface area contributed by atoms with E-state index in [1.807, 2.05) is 91.0 Å². The van der Waals surface area contributed by atoms with Crippen LogP contribution in [0.25, 0.3) is 0 Å². The first kappa shape index (κ1) is 25.4. The number of benzene rings is 3. The monoisotopic (exact) mass is 488 g/mol. The molecule has 3 aromatic rings. The Labute approximate surface area is 212 Å². The second-order valence-corrected chi connectivity index (χ2v) is 9.00. The van der Waals surface area contributed by atoms with Gasteiger partial charge in [0.25, 0.3) is 0 Å². The topological polar surface area (TPSA) is 40.6 Å². The van der Waals surface area contributed by atoms with E-state index >= 15 is 0 Å².